The molecule has 0 saturated heterocycles. The van der Waals surface area contributed by atoms with Gasteiger partial charge in [-0.3, -0.25) is 0 Å². The second kappa shape index (κ2) is 5.14. The van der Waals surface area contributed by atoms with Gasteiger partial charge in [0.1, 0.15) is 0 Å². The van der Waals surface area contributed by atoms with E-state index in [4.69, 9.17) is 9.84 Å². The van der Waals surface area contributed by atoms with Gasteiger partial charge in [-0.15, -0.1) is 0 Å². The van der Waals surface area contributed by atoms with Crippen molar-refractivity contribution in [2.45, 2.75) is 13.5 Å². The fourth-order valence-electron chi connectivity index (χ4n) is 1.97. The Balaban J connectivity index is 2.13. The number of aliphatic hydroxyl groups is 1. The third-order valence-corrected chi connectivity index (χ3v) is 2.71. The lowest BCUT2D eigenvalue weighted by atomic mass is 10.2. The zero-order valence-electron chi connectivity index (χ0n) is 9.52. The van der Waals surface area contributed by atoms with Gasteiger partial charge in [0.15, 0.2) is 0 Å². The van der Waals surface area contributed by atoms with Crippen LogP contribution in [0.25, 0.3) is 10.9 Å². The molecule has 1 aromatic carbocycles. The van der Waals surface area contributed by atoms with E-state index in [-0.39, 0.29) is 6.61 Å². The van der Waals surface area contributed by atoms with Gasteiger partial charge in [-0.25, -0.2) is 0 Å². The summed E-state index contributed by atoms with van der Waals surface area (Å²) in [6, 6.07) is 10.5. The van der Waals surface area contributed by atoms with E-state index in [9.17, 15) is 0 Å². The van der Waals surface area contributed by atoms with Crippen molar-refractivity contribution in [1.82, 2.24) is 4.57 Å². The van der Waals surface area contributed by atoms with Crippen molar-refractivity contribution in [2.24, 2.45) is 0 Å². The maximum atomic E-state index is 8.62. The van der Waals surface area contributed by atoms with E-state index in [1.807, 2.05) is 12.1 Å². The van der Waals surface area contributed by atoms with Gasteiger partial charge in [-0.05, 0) is 24.4 Å². The number of benzene rings is 1. The molecule has 1 aromatic heterocycles. The van der Waals surface area contributed by atoms with Crippen LogP contribution in [0, 0.1) is 6.92 Å². The average molecular weight is 219 g/mol. The molecule has 2 rings (SSSR count). The molecule has 0 atom stereocenters. The van der Waals surface area contributed by atoms with Crippen LogP contribution in [0.1, 0.15) is 5.69 Å². The van der Waals surface area contributed by atoms with Crippen LogP contribution >= 0.6 is 0 Å². The van der Waals surface area contributed by atoms with Crippen LogP contribution in [-0.4, -0.2) is 29.5 Å². The fourth-order valence-corrected chi connectivity index (χ4v) is 1.97. The predicted octanol–water partition coefficient (Wildman–Crippen LogP) is 1.96. The number of ether oxygens (including phenoxy) is 1. The van der Waals surface area contributed by atoms with E-state index >= 15 is 0 Å². The fraction of sp³-hybridized carbons (Fsp3) is 0.385. The minimum absolute atomic E-state index is 0.0887. The highest BCUT2D eigenvalue weighted by molar-refractivity contribution is 5.81. The van der Waals surface area contributed by atoms with Crippen LogP contribution in [0.5, 0.6) is 0 Å². The van der Waals surface area contributed by atoms with Crippen molar-refractivity contribution in [1.29, 1.82) is 0 Å². The summed E-state index contributed by atoms with van der Waals surface area (Å²) < 4.78 is 7.53. The molecule has 0 amide bonds. The number of hydrogen-bond donors (Lipinski definition) is 1. The summed E-state index contributed by atoms with van der Waals surface area (Å²) in [5, 5.41) is 9.88. The molecule has 2 aromatic rings. The molecule has 0 fully saturated rings. The van der Waals surface area contributed by atoms with Crippen molar-refractivity contribution in [3.05, 3.63) is 36.0 Å². The molecule has 0 aliphatic rings. The third-order valence-electron chi connectivity index (χ3n) is 2.71. The molecule has 0 bridgehead atoms. The SMILES string of the molecule is Cc1cc2ccccc2n1CCOCCO. The van der Waals surface area contributed by atoms with Crippen molar-refractivity contribution in [3.8, 4) is 0 Å². The van der Waals surface area contributed by atoms with E-state index in [1.54, 1.807) is 0 Å². The Kier molecular flexibility index (Phi) is 3.59. The zero-order valence-corrected chi connectivity index (χ0v) is 9.52. The molecule has 0 spiro atoms. The van der Waals surface area contributed by atoms with Gasteiger partial charge < -0.3 is 14.4 Å². The summed E-state index contributed by atoms with van der Waals surface area (Å²) in [7, 11) is 0. The smallest absolute Gasteiger partial charge is 0.0698 e. The van der Waals surface area contributed by atoms with Gasteiger partial charge in [0.2, 0.25) is 0 Å². The molecule has 3 nitrogen and oxygen atoms in total. The summed E-state index contributed by atoms with van der Waals surface area (Å²) in [6.07, 6.45) is 0. The van der Waals surface area contributed by atoms with E-state index in [1.165, 1.54) is 16.6 Å². The van der Waals surface area contributed by atoms with Gasteiger partial charge in [0, 0.05) is 17.8 Å². The van der Waals surface area contributed by atoms with Gasteiger partial charge in [0.25, 0.3) is 0 Å². The Morgan fingerprint density at radius 3 is 2.88 bits per heavy atom. The highest BCUT2D eigenvalue weighted by Gasteiger charge is 2.03. The lowest BCUT2D eigenvalue weighted by Gasteiger charge is -2.08. The minimum atomic E-state index is 0.0887. The van der Waals surface area contributed by atoms with Crippen molar-refractivity contribution < 1.29 is 9.84 Å². The van der Waals surface area contributed by atoms with E-state index in [2.05, 4.69) is 29.7 Å². The molecule has 0 saturated carbocycles. The maximum Gasteiger partial charge on any atom is 0.0698 e. The first-order valence-electron chi connectivity index (χ1n) is 5.56. The normalized spacial score (nSPS) is 11.1. The lowest BCUT2D eigenvalue weighted by Crippen LogP contribution is -2.09. The first-order valence-corrected chi connectivity index (χ1v) is 5.56. The number of aryl methyl sites for hydroxylation is 1. The van der Waals surface area contributed by atoms with E-state index in [0.29, 0.717) is 13.2 Å². The summed E-state index contributed by atoms with van der Waals surface area (Å²) in [4.78, 5) is 0. The van der Waals surface area contributed by atoms with Crippen LogP contribution in [0.15, 0.2) is 30.3 Å². The molecule has 0 aliphatic heterocycles. The van der Waals surface area contributed by atoms with Crippen molar-refractivity contribution in [3.63, 3.8) is 0 Å². The van der Waals surface area contributed by atoms with E-state index in [0.717, 1.165) is 6.54 Å². The Morgan fingerprint density at radius 1 is 1.25 bits per heavy atom. The number of rotatable bonds is 5. The number of nitrogens with zero attached hydrogens (tertiary/aromatic N) is 1. The molecule has 0 aliphatic carbocycles. The number of hydrogen-bond acceptors (Lipinski definition) is 2. The third kappa shape index (κ3) is 2.26. The van der Waals surface area contributed by atoms with Crippen LogP contribution in [0.4, 0.5) is 0 Å². The van der Waals surface area contributed by atoms with Gasteiger partial charge in [-0.1, -0.05) is 18.2 Å². The summed E-state index contributed by atoms with van der Waals surface area (Å²) in [5.41, 5.74) is 2.49. The number of para-hydroxylation sites is 1. The molecule has 3 heteroatoms. The van der Waals surface area contributed by atoms with Crippen LogP contribution < -0.4 is 0 Å². The second-order valence-corrected chi connectivity index (χ2v) is 3.83. The molecule has 1 N–H and O–H groups in total. The Bertz CT molecular complexity index is 462. The summed E-state index contributed by atoms with van der Waals surface area (Å²) in [5.74, 6) is 0. The predicted molar refractivity (Wildman–Crippen MR) is 64.6 cm³/mol. The molecular formula is C13H17NO2. The topological polar surface area (TPSA) is 34.4 Å². The monoisotopic (exact) mass is 219 g/mol. The minimum Gasteiger partial charge on any atom is -0.394 e. The molecule has 16 heavy (non-hydrogen) atoms. The molecule has 1 heterocycles. The number of aliphatic hydroxyl groups excluding tert-OH is 1. The van der Waals surface area contributed by atoms with Crippen LogP contribution in [-0.2, 0) is 11.3 Å². The van der Waals surface area contributed by atoms with Crippen molar-refractivity contribution in [2.75, 3.05) is 19.8 Å². The summed E-state index contributed by atoms with van der Waals surface area (Å²) >= 11 is 0. The summed E-state index contributed by atoms with van der Waals surface area (Å²) in [6.45, 7) is 4.08. The van der Waals surface area contributed by atoms with Crippen LogP contribution in [0.2, 0.25) is 0 Å². The Labute approximate surface area is 95.3 Å². The first kappa shape index (κ1) is 11.2. The Morgan fingerprint density at radius 2 is 2.06 bits per heavy atom. The Hall–Kier alpha value is -1.32. The second-order valence-electron chi connectivity index (χ2n) is 3.83. The average Bonchev–Trinajstić information content (AvgIpc) is 2.61. The maximum absolute atomic E-state index is 8.62. The van der Waals surface area contributed by atoms with Crippen LogP contribution in [0.3, 0.4) is 0 Å². The largest absolute Gasteiger partial charge is 0.394 e. The molecular weight excluding hydrogens is 202 g/mol. The van der Waals surface area contributed by atoms with E-state index < -0.39 is 0 Å². The van der Waals surface area contributed by atoms with Gasteiger partial charge in [0.05, 0.1) is 19.8 Å². The standard InChI is InChI=1S/C13H17NO2/c1-11-10-12-4-2-3-5-13(12)14(11)6-8-16-9-7-15/h2-5,10,15H,6-9H2,1H3. The lowest BCUT2D eigenvalue weighted by molar-refractivity contribution is 0.0873. The zero-order chi connectivity index (χ0) is 11.4. The molecule has 86 valence electrons. The van der Waals surface area contributed by atoms with Crippen molar-refractivity contribution >= 4 is 10.9 Å². The highest BCUT2D eigenvalue weighted by Crippen LogP contribution is 2.18. The first-order chi connectivity index (χ1) is 7.83. The molecule has 0 unspecified atom stereocenters. The quantitative estimate of drug-likeness (QED) is 0.780. The number of fused-ring (bicyclic) bond motifs is 1. The van der Waals surface area contributed by atoms with Gasteiger partial charge >= 0.3 is 0 Å². The number of aromatic nitrogens is 1. The molecule has 0 radical (unpaired) electrons. The highest BCUT2D eigenvalue weighted by atomic mass is 16.5. The van der Waals surface area contributed by atoms with Gasteiger partial charge in [-0.2, -0.15) is 0 Å².